The number of hydrogen-bond acceptors (Lipinski definition) is 3. The van der Waals surface area contributed by atoms with E-state index in [1.165, 1.54) is 21.7 Å². The lowest BCUT2D eigenvalue weighted by atomic mass is 9.94. The molecule has 178 valence electrons. The van der Waals surface area contributed by atoms with Crippen molar-refractivity contribution in [2.45, 2.75) is 0 Å². The maximum absolute atomic E-state index is 4.97. The van der Waals surface area contributed by atoms with Crippen molar-refractivity contribution in [1.82, 2.24) is 15.0 Å². The summed E-state index contributed by atoms with van der Waals surface area (Å²) in [6.45, 7) is 0. The van der Waals surface area contributed by atoms with Gasteiger partial charge in [-0.2, -0.15) is 0 Å². The van der Waals surface area contributed by atoms with Crippen LogP contribution in [0.5, 0.6) is 0 Å². The Morgan fingerprint density at radius 1 is 0.316 bits per heavy atom. The molecule has 3 nitrogen and oxygen atoms in total. The van der Waals surface area contributed by atoms with Gasteiger partial charge in [0, 0.05) is 16.7 Å². The van der Waals surface area contributed by atoms with Crippen LogP contribution in [0.3, 0.4) is 0 Å². The normalized spacial score (nSPS) is 11.2. The Bertz CT molecular complexity index is 1850. The molecule has 0 radical (unpaired) electrons. The Balaban J connectivity index is 1.47. The number of benzene rings is 6. The zero-order chi connectivity index (χ0) is 25.3. The van der Waals surface area contributed by atoms with E-state index in [-0.39, 0.29) is 0 Å². The highest BCUT2D eigenvalue weighted by Gasteiger charge is 2.15. The quantitative estimate of drug-likeness (QED) is 0.250. The van der Waals surface area contributed by atoms with Gasteiger partial charge in [-0.25, -0.2) is 15.0 Å². The molecular formula is C35H23N3. The van der Waals surface area contributed by atoms with Crippen LogP contribution >= 0.6 is 0 Å². The molecule has 0 aliphatic carbocycles. The predicted octanol–water partition coefficient (Wildman–Crippen LogP) is 8.85. The Hall–Kier alpha value is -5.15. The first-order chi connectivity index (χ1) is 18.8. The number of hydrogen-bond donors (Lipinski definition) is 0. The summed E-state index contributed by atoms with van der Waals surface area (Å²) >= 11 is 0. The van der Waals surface area contributed by atoms with E-state index in [0.29, 0.717) is 17.5 Å². The topological polar surface area (TPSA) is 38.7 Å². The monoisotopic (exact) mass is 485 g/mol. The smallest absolute Gasteiger partial charge is 0.164 e. The number of fused-ring (bicyclic) bond motifs is 2. The average molecular weight is 486 g/mol. The first kappa shape index (κ1) is 22.1. The highest BCUT2D eigenvalue weighted by molar-refractivity contribution is 6.01. The van der Waals surface area contributed by atoms with Crippen molar-refractivity contribution < 1.29 is 0 Å². The van der Waals surface area contributed by atoms with E-state index in [4.69, 9.17) is 15.0 Å². The Morgan fingerprint density at radius 2 is 0.816 bits per heavy atom. The minimum Gasteiger partial charge on any atom is -0.208 e. The second-order valence-corrected chi connectivity index (χ2v) is 9.35. The molecule has 3 heteroatoms. The van der Waals surface area contributed by atoms with E-state index in [1.807, 2.05) is 60.7 Å². The van der Waals surface area contributed by atoms with E-state index in [1.54, 1.807) is 0 Å². The van der Waals surface area contributed by atoms with Gasteiger partial charge in [-0.3, -0.25) is 0 Å². The van der Waals surface area contributed by atoms with Gasteiger partial charge in [0.2, 0.25) is 0 Å². The fourth-order valence-electron chi connectivity index (χ4n) is 4.97. The Morgan fingerprint density at radius 3 is 1.47 bits per heavy atom. The van der Waals surface area contributed by atoms with Crippen molar-refractivity contribution in [3.8, 4) is 45.3 Å². The molecule has 0 amide bonds. The summed E-state index contributed by atoms with van der Waals surface area (Å²) in [6.07, 6.45) is 0. The maximum Gasteiger partial charge on any atom is 0.164 e. The lowest BCUT2D eigenvalue weighted by molar-refractivity contribution is 1.07. The molecule has 6 aromatic carbocycles. The van der Waals surface area contributed by atoms with E-state index in [2.05, 4.69) is 78.9 Å². The summed E-state index contributed by atoms with van der Waals surface area (Å²) in [4.78, 5) is 14.8. The standard InChI is InChI=1S/C35H23N3/c1-3-12-25(13-4-1)33-36-34(26-14-5-2-6-15-26)38-35(37-33)30-22-28-17-9-10-18-31(28)32(23-30)29-20-19-24-11-7-8-16-27(24)21-29/h1-23H. The zero-order valence-electron chi connectivity index (χ0n) is 20.6. The van der Waals surface area contributed by atoms with Crippen LogP contribution in [0.1, 0.15) is 0 Å². The molecule has 1 aromatic heterocycles. The Kier molecular flexibility index (Phi) is 5.45. The van der Waals surface area contributed by atoms with Crippen LogP contribution in [-0.4, -0.2) is 15.0 Å². The molecule has 0 N–H and O–H groups in total. The lowest BCUT2D eigenvalue weighted by Crippen LogP contribution is -2.00. The number of aromatic nitrogens is 3. The highest BCUT2D eigenvalue weighted by Crippen LogP contribution is 2.35. The molecule has 0 saturated carbocycles. The second kappa shape index (κ2) is 9.38. The molecular weight excluding hydrogens is 462 g/mol. The minimum atomic E-state index is 0.658. The van der Waals surface area contributed by atoms with Crippen LogP contribution in [0.2, 0.25) is 0 Å². The number of rotatable bonds is 4. The van der Waals surface area contributed by atoms with Gasteiger partial charge < -0.3 is 0 Å². The summed E-state index contributed by atoms with van der Waals surface area (Å²) in [5.74, 6) is 1.98. The first-order valence-corrected chi connectivity index (χ1v) is 12.7. The first-order valence-electron chi connectivity index (χ1n) is 12.7. The van der Waals surface area contributed by atoms with E-state index >= 15 is 0 Å². The maximum atomic E-state index is 4.97. The van der Waals surface area contributed by atoms with Crippen molar-refractivity contribution in [3.63, 3.8) is 0 Å². The third-order valence-electron chi connectivity index (χ3n) is 6.88. The van der Waals surface area contributed by atoms with Gasteiger partial charge in [-0.05, 0) is 50.9 Å². The summed E-state index contributed by atoms with van der Waals surface area (Å²) < 4.78 is 0. The Labute approximate surface area is 221 Å². The van der Waals surface area contributed by atoms with Crippen LogP contribution in [0.25, 0.3) is 66.8 Å². The molecule has 0 saturated heterocycles. The van der Waals surface area contributed by atoms with E-state index < -0.39 is 0 Å². The van der Waals surface area contributed by atoms with Gasteiger partial charge in [0.1, 0.15) is 0 Å². The molecule has 0 aliphatic rings. The SMILES string of the molecule is c1ccc(-c2nc(-c3ccccc3)nc(-c3cc(-c4ccc5ccccc5c4)c4ccccc4c3)n2)cc1. The van der Waals surface area contributed by atoms with Crippen LogP contribution in [0.15, 0.2) is 140 Å². The summed E-state index contributed by atoms with van der Waals surface area (Å²) in [5, 5.41) is 4.80. The van der Waals surface area contributed by atoms with Gasteiger partial charge in [-0.15, -0.1) is 0 Å². The summed E-state index contributed by atoms with van der Waals surface area (Å²) in [6, 6.07) is 48.2. The van der Waals surface area contributed by atoms with Crippen molar-refractivity contribution in [2.75, 3.05) is 0 Å². The van der Waals surface area contributed by atoms with E-state index in [9.17, 15) is 0 Å². The zero-order valence-corrected chi connectivity index (χ0v) is 20.6. The van der Waals surface area contributed by atoms with Crippen LogP contribution in [0.4, 0.5) is 0 Å². The molecule has 7 rings (SSSR count). The fraction of sp³-hybridized carbons (Fsp3) is 0. The predicted molar refractivity (Wildman–Crippen MR) is 157 cm³/mol. The van der Waals surface area contributed by atoms with E-state index in [0.717, 1.165) is 27.6 Å². The van der Waals surface area contributed by atoms with Gasteiger partial charge >= 0.3 is 0 Å². The van der Waals surface area contributed by atoms with Crippen LogP contribution < -0.4 is 0 Å². The molecule has 0 unspecified atom stereocenters. The molecule has 0 fully saturated rings. The third kappa shape index (κ3) is 4.10. The third-order valence-corrected chi connectivity index (χ3v) is 6.88. The average Bonchev–Trinajstić information content (AvgIpc) is 3.01. The van der Waals surface area contributed by atoms with Crippen molar-refractivity contribution in [3.05, 3.63) is 140 Å². The second-order valence-electron chi connectivity index (χ2n) is 9.35. The molecule has 38 heavy (non-hydrogen) atoms. The lowest BCUT2D eigenvalue weighted by Gasteiger charge is -2.13. The van der Waals surface area contributed by atoms with Gasteiger partial charge in [0.05, 0.1) is 0 Å². The summed E-state index contributed by atoms with van der Waals surface area (Å²) in [5.41, 5.74) is 5.21. The molecule has 0 spiro atoms. The number of nitrogens with zero attached hydrogens (tertiary/aromatic N) is 3. The highest BCUT2D eigenvalue weighted by atomic mass is 15.0. The molecule has 0 atom stereocenters. The fourth-order valence-corrected chi connectivity index (χ4v) is 4.97. The minimum absolute atomic E-state index is 0.658. The van der Waals surface area contributed by atoms with Crippen molar-refractivity contribution >= 4 is 21.5 Å². The van der Waals surface area contributed by atoms with Crippen molar-refractivity contribution in [2.24, 2.45) is 0 Å². The molecule has 0 aliphatic heterocycles. The molecule has 0 bridgehead atoms. The van der Waals surface area contributed by atoms with Crippen LogP contribution in [0, 0.1) is 0 Å². The largest absolute Gasteiger partial charge is 0.208 e. The molecule has 7 aromatic rings. The van der Waals surface area contributed by atoms with Crippen molar-refractivity contribution in [1.29, 1.82) is 0 Å². The van der Waals surface area contributed by atoms with Gasteiger partial charge in [0.25, 0.3) is 0 Å². The van der Waals surface area contributed by atoms with Crippen LogP contribution in [-0.2, 0) is 0 Å². The van der Waals surface area contributed by atoms with Gasteiger partial charge in [-0.1, -0.05) is 121 Å². The molecule has 1 heterocycles. The summed E-state index contributed by atoms with van der Waals surface area (Å²) in [7, 11) is 0. The van der Waals surface area contributed by atoms with Gasteiger partial charge in [0.15, 0.2) is 17.5 Å².